The summed E-state index contributed by atoms with van der Waals surface area (Å²) in [6.07, 6.45) is 2.20. The molecule has 5 heteroatoms. The van der Waals surface area contributed by atoms with Crippen LogP contribution in [0.3, 0.4) is 0 Å². The quantitative estimate of drug-likeness (QED) is 0.605. The van der Waals surface area contributed by atoms with E-state index in [1.165, 1.54) is 22.6 Å². The normalized spacial score (nSPS) is 16.2. The highest BCUT2D eigenvalue weighted by Crippen LogP contribution is 2.29. The van der Waals surface area contributed by atoms with Gasteiger partial charge in [0.1, 0.15) is 0 Å². The minimum atomic E-state index is -0.0596. The standard InChI is InChI=1S/C24H27N3OS/c1-3-17-4-6-18(7-5-17)22-12-13-23(29-22)24(28)26-19-8-10-21(11-9-19)27-15-14-20(16-27)25-2/h4-13,20,25H,3,14-16H2,1-2H3,(H,26,28). The molecule has 1 fully saturated rings. The van der Waals surface area contributed by atoms with Gasteiger partial charge in [-0.25, -0.2) is 0 Å². The first-order valence-corrected chi connectivity index (χ1v) is 11.0. The van der Waals surface area contributed by atoms with E-state index in [1.807, 2.05) is 31.3 Å². The van der Waals surface area contributed by atoms with Gasteiger partial charge in [0.05, 0.1) is 4.88 Å². The third-order valence-electron chi connectivity index (χ3n) is 5.56. The number of likely N-dealkylation sites (N-methyl/N-ethyl adjacent to an activating group) is 1. The van der Waals surface area contributed by atoms with E-state index < -0.39 is 0 Å². The highest BCUT2D eigenvalue weighted by molar-refractivity contribution is 7.17. The van der Waals surface area contributed by atoms with Gasteiger partial charge in [0.15, 0.2) is 0 Å². The third-order valence-corrected chi connectivity index (χ3v) is 6.70. The average Bonchev–Trinajstić information content (AvgIpc) is 3.44. The van der Waals surface area contributed by atoms with Crippen LogP contribution in [0.4, 0.5) is 11.4 Å². The first kappa shape index (κ1) is 19.7. The van der Waals surface area contributed by atoms with Crippen LogP contribution in [0.2, 0.25) is 0 Å². The molecule has 4 rings (SSSR count). The van der Waals surface area contributed by atoms with Crippen LogP contribution in [-0.4, -0.2) is 32.1 Å². The van der Waals surface area contributed by atoms with Crippen molar-refractivity contribution in [2.45, 2.75) is 25.8 Å². The predicted molar refractivity (Wildman–Crippen MR) is 123 cm³/mol. The molecule has 1 saturated heterocycles. The lowest BCUT2D eigenvalue weighted by atomic mass is 10.1. The van der Waals surface area contributed by atoms with Crippen molar-refractivity contribution in [3.05, 3.63) is 71.1 Å². The molecule has 0 bridgehead atoms. The van der Waals surface area contributed by atoms with Crippen LogP contribution in [0.15, 0.2) is 60.7 Å². The molecule has 0 radical (unpaired) electrons. The van der Waals surface area contributed by atoms with E-state index in [4.69, 9.17) is 0 Å². The third kappa shape index (κ3) is 4.52. The van der Waals surface area contributed by atoms with E-state index in [9.17, 15) is 4.79 Å². The highest BCUT2D eigenvalue weighted by Gasteiger charge is 2.21. The number of carbonyl (C=O) groups is 1. The molecule has 0 saturated carbocycles. The second kappa shape index (κ2) is 8.80. The number of rotatable bonds is 6. The number of carbonyl (C=O) groups excluding carboxylic acids is 1. The zero-order valence-corrected chi connectivity index (χ0v) is 17.8. The smallest absolute Gasteiger partial charge is 0.265 e. The van der Waals surface area contributed by atoms with Crippen molar-refractivity contribution < 1.29 is 4.79 Å². The van der Waals surface area contributed by atoms with Crippen molar-refractivity contribution in [1.29, 1.82) is 0 Å². The first-order valence-electron chi connectivity index (χ1n) is 10.2. The molecule has 1 amide bonds. The molecule has 0 spiro atoms. The van der Waals surface area contributed by atoms with Gasteiger partial charge in [-0.05, 0) is 67.4 Å². The fourth-order valence-corrected chi connectivity index (χ4v) is 4.61. The van der Waals surface area contributed by atoms with Crippen molar-refractivity contribution in [2.75, 3.05) is 30.4 Å². The van der Waals surface area contributed by atoms with E-state index in [0.29, 0.717) is 6.04 Å². The molecule has 1 aromatic heterocycles. The number of hydrogen-bond acceptors (Lipinski definition) is 4. The van der Waals surface area contributed by atoms with Crippen molar-refractivity contribution in [3.63, 3.8) is 0 Å². The van der Waals surface area contributed by atoms with Gasteiger partial charge in [0, 0.05) is 35.4 Å². The van der Waals surface area contributed by atoms with E-state index in [0.717, 1.165) is 46.9 Å². The SMILES string of the molecule is CCc1ccc(-c2ccc(C(=O)Nc3ccc(N4CCC(NC)C4)cc3)s2)cc1. The summed E-state index contributed by atoms with van der Waals surface area (Å²) in [5, 5.41) is 6.36. The summed E-state index contributed by atoms with van der Waals surface area (Å²) in [4.78, 5) is 16.9. The number of hydrogen-bond donors (Lipinski definition) is 2. The van der Waals surface area contributed by atoms with E-state index in [2.05, 4.69) is 58.9 Å². The summed E-state index contributed by atoms with van der Waals surface area (Å²) in [5.41, 5.74) is 4.50. The molecule has 2 heterocycles. The molecule has 1 unspecified atom stereocenters. The molecule has 29 heavy (non-hydrogen) atoms. The summed E-state index contributed by atoms with van der Waals surface area (Å²) in [7, 11) is 2.02. The largest absolute Gasteiger partial charge is 0.370 e. The summed E-state index contributed by atoms with van der Waals surface area (Å²) in [6.45, 7) is 4.24. The molecule has 2 N–H and O–H groups in total. The maximum Gasteiger partial charge on any atom is 0.265 e. The van der Waals surface area contributed by atoms with Gasteiger partial charge >= 0.3 is 0 Å². The van der Waals surface area contributed by atoms with Gasteiger partial charge in [0.2, 0.25) is 0 Å². The first-order chi connectivity index (χ1) is 14.2. The Morgan fingerprint density at radius 3 is 2.48 bits per heavy atom. The Kier molecular flexibility index (Phi) is 5.97. The summed E-state index contributed by atoms with van der Waals surface area (Å²) in [5.74, 6) is -0.0596. The second-order valence-corrected chi connectivity index (χ2v) is 8.52. The summed E-state index contributed by atoms with van der Waals surface area (Å²) in [6, 6.07) is 21.2. The zero-order chi connectivity index (χ0) is 20.2. The Morgan fingerprint density at radius 1 is 1.07 bits per heavy atom. The fourth-order valence-electron chi connectivity index (χ4n) is 3.70. The van der Waals surface area contributed by atoms with E-state index >= 15 is 0 Å². The van der Waals surface area contributed by atoms with Crippen LogP contribution in [0.25, 0.3) is 10.4 Å². The van der Waals surface area contributed by atoms with Crippen LogP contribution in [0, 0.1) is 0 Å². The molecule has 1 aliphatic rings. The molecule has 4 nitrogen and oxygen atoms in total. The fraction of sp³-hybridized carbons (Fsp3) is 0.292. The number of thiophene rings is 1. The van der Waals surface area contributed by atoms with E-state index in [-0.39, 0.29) is 5.91 Å². The Balaban J connectivity index is 1.40. The maximum absolute atomic E-state index is 12.7. The van der Waals surface area contributed by atoms with Crippen molar-refractivity contribution in [3.8, 4) is 10.4 Å². The van der Waals surface area contributed by atoms with Gasteiger partial charge in [-0.2, -0.15) is 0 Å². The highest BCUT2D eigenvalue weighted by atomic mass is 32.1. The van der Waals surface area contributed by atoms with Gasteiger partial charge in [-0.1, -0.05) is 31.2 Å². The van der Waals surface area contributed by atoms with Crippen molar-refractivity contribution in [1.82, 2.24) is 5.32 Å². The Labute approximate surface area is 176 Å². The molecule has 1 atom stereocenters. The van der Waals surface area contributed by atoms with Gasteiger partial charge in [-0.3, -0.25) is 4.79 Å². The number of aryl methyl sites for hydroxylation is 1. The minimum absolute atomic E-state index is 0.0596. The van der Waals surface area contributed by atoms with Crippen LogP contribution >= 0.6 is 11.3 Å². The average molecular weight is 406 g/mol. The van der Waals surface area contributed by atoms with E-state index in [1.54, 1.807) is 0 Å². The van der Waals surface area contributed by atoms with Crippen LogP contribution < -0.4 is 15.5 Å². The van der Waals surface area contributed by atoms with Crippen molar-refractivity contribution >= 4 is 28.6 Å². The van der Waals surface area contributed by atoms with Crippen molar-refractivity contribution in [2.24, 2.45) is 0 Å². The van der Waals surface area contributed by atoms with Crippen LogP contribution in [0.5, 0.6) is 0 Å². The summed E-state index contributed by atoms with van der Waals surface area (Å²) >= 11 is 1.53. The molecule has 150 valence electrons. The monoisotopic (exact) mass is 405 g/mol. The lowest BCUT2D eigenvalue weighted by Crippen LogP contribution is -2.29. The molecule has 0 aliphatic carbocycles. The number of anilines is 2. The second-order valence-electron chi connectivity index (χ2n) is 7.44. The maximum atomic E-state index is 12.7. The number of benzene rings is 2. The molecular formula is C24H27N3OS. The molecular weight excluding hydrogens is 378 g/mol. The lowest BCUT2D eigenvalue weighted by molar-refractivity contribution is 0.103. The van der Waals surface area contributed by atoms with Gasteiger partial charge < -0.3 is 15.5 Å². The summed E-state index contributed by atoms with van der Waals surface area (Å²) < 4.78 is 0. The topological polar surface area (TPSA) is 44.4 Å². The Bertz CT molecular complexity index is 963. The lowest BCUT2D eigenvalue weighted by Gasteiger charge is -2.19. The molecule has 2 aromatic carbocycles. The Morgan fingerprint density at radius 2 is 1.83 bits per heavy atom. The zero-order valence-electron chi connectivity index (χ0n) is 16.9. The number of nitrogens with zero attached hydrogens (tertiary/aromatic N) is 1. The van der Waals surface area contributed by atoms with Crippen LogP contribution in [-0.2, 0) is 6.42 Å². The van der Waals surface area contributed by atoms with Gasteiger partial charge in [0.25, 0.3) is 5.91 Å². The molecule has 3 aromatic rings. The molecule has 1 aliphatic heterocycles. The predicted octanol–water partition coefficient (Wildman–Crippen LogP) is 5.03. The van der Waals surface area contributed by atoms with Crippen LogP contribution in [0.1, 0.15) is 28.6 Å². The number of nitrogens with one attached hydrogen (secondary N) is 2. The minimum Gasteiger partial charge on any atom is -0.370 e. The Hall–Kier alpha value is -2.63. The van der Waals surface area contributed by atoms with Gasteiger partial charge in [-0.15, -0.1) is 11.3 Å². The number of amides is 1.